The highest BCUT2D eigenvalue weighted by molar-refractivity contribution is 5.90. The summed E-state index contributed by atoms with van der Waals surface area (Å²) in [5.41, 5.74) is 3.50. The Hall–Kier alpha value is -2.53. The third kappa shape index (κ3) is 4.73. The van der Waals surface area contributed by atoms with Crippen molar-refractivity contribution in [1.82, 2.24) is 5.32 Å². The molecule has 1 fully saturated rings. The van der Waals surface area contributed by atoms with Gasteiger partial charge in [0.05, 0.1) is 18.9 Å². The topological polar surface area (TPSA) is 52.1 Å². The van der Waals surface area contributed by atoms with E-state index in [0.29, 0.717) is 13.2 Å². The van der Waals surface area contributed by atoms with Gasteiger partial charge in [0, 0.05) is 23.9 Å². The Morgan fingerprint density at radius 3 is 1.52 bits per heavy atom. The second-order valence-corrected chi connectivity index (χ2v) is 7.40. The molecule has 2 aromatic carbocycles. The number of hydrogen-bond acceptors (Lipinski definition) is 5. The number of oxime groups is 1. The average Bonchev–Trinajstić information content (AvgIpc) is 2.73. The minimum Gasteiger partial charge on any atom is -0.494 e. The highest BCUT2D eigenvalue weighted by Crippen LogP contribution is 2.39. The van der Waals surface area contributed by atoms with Gasteiger partial charge in [0.15, 0.2) is 0 Å². The fourth-order valence-corrected chi connectivity index (χ4v) is 4.16. The zero-order chi connectivity index (χ0) is 20.8. The van der Waals surface area contributed by atoms with Crippen LogP contribution in [-0.2, 0) is 4.84 Å². The quantitative estimate of drug-likeness (QED) is 0.658. The monoisotopic (exact) mass is 396 g/mol. The smallest absolute Gasteiger partial charge is 0.119 e. The first kappa shape index (κ1) is 21.2. The molecule has 5 heteroatoms. The van der Waals surface area contributed by atoms with Crippen molar-refractivity contribution in [3.8, 4) is 11.5 Å². The lowest BCUT2D eigenvalue weighted by Gasteiger charge is -2.41. The van der Waals surface area contributed by atoms with E-state index in [2.05, 4.69) is 48.6 Å². The minimum absolute atomic E-state index is 0.132. The maximum absolute atomic E-state index is 5.60. The van der Waals surface area contributed by atoms with Crippen LogP contribution in [0.1, 0.15) is 50.9 Å². The van der Waals surface area contributed by atoms with Gasteiger partial charge in [-0.25, -0.2) is 0 Å². The second-order valence-electron chi connectivity index (χ2n) is 7.40. The Bertz CT molecular complexity index is 738. The first-order valence-corrected chi connectivity index (χ1v) is 10.4. The maximum Gasteiger partial charge on any atom is 0.119 e. The van der Waals surface area contributed by atoms with Crippen LogP contribution in [0.2, 0.25) is 0 Å². The molecule has 0 saturated carbocycles. The van der Waals surface area contributed by atoms with Gasteiger partial charge in [0.1, 0.15) is 18.6 Å². The molecule has 4 atom stereocenters. The Morgan fingerprint density at radius 1 is 0.759 bits per heavy atom. The lowest BCUT2D eigenvalue weighted by atomic mass is 9.75. The van der Waals surface area contributed by atoms with Crippen LogP contribution >= 0.6 is 0 Å². The molecule has 1 saturated heterocycles. The van der Waals surface area contributed by atoms with Gasteiger partial charge >= 0.3 is 0 Å². The van der Waals surface area contributed by atoms with E-state index in [0.717, 1.165) is 17.2 Å². The third-order valence-electron chi connectivity index (χ3n) is 5.59. The summed E-state index contributed by atoms with van der Waals surface area (Å²) in [7, 11) is 1.62. The maximum atomic E-state index is 5.60. The largest absolute Gasteiger partial charge is 0.494 e. The summed E-state index contributed by atoms with van der Waals surface area (Å²) >= 11 is 0. The number of hydrogen-bond donors (Lipinski definition) is 1. The fraction of sp³-hybridized carbons (Fsp3) is 0.458. The molecule has 0 spiro atoms. The van der Waals surface area contributed by atoms with Crippen LogP contribution in [0.5, 0.6) is 11.5 Å². The summed E-state index contributed by atoms with van der Waals surface area (Å²) in [4.78, 5) is 5.21. The molecule has 0 unspecified atom stereocenters. The van der Waals surface area contributed by atoms with Gasteiger partial charge in [-0.3, -0.25) is 0 Å². The summed E-state index contributed by atoms with van der Waals surface area (Å²) in [6.45, 7) is 9.73. The van der Waals surface area contributed by atoms with E-state index in [1.807, 2.05) is 38.1 Å². The molecule has 29 heavy (non-hydrogen) atoms. The van der Waals surface area contributed by atoms with E-state index >= 15 is 0 Å². The molecule has 1 aliphatic heterocycles. The van der Waals surface area contributed by atoms with Crippen LogP contribution in [0.15, 0.2) is 53.7 Å². The van der Waals surface area contributed by atoms with Crippen molar-refractivity contribution in [3.05, 3.63) is 59.7 Å². The molecule has 0 aliphatic carbocycles. The van der Waals surface area contributed by atoms with E-state index in [1.54, 1.807) is 7.11 Å². The van der Waals surface area contributed by atoms with E-state index < -0.39 is 0 Å². The van der Waals surface area contributed by atoms with E-state index in [4.69, 9.17) is 14.3 Å². The van der Waals surface area contributed by atoms with Crippen molar-refractivity contribution >= 4 is 5.71 Å². The molecule has 0 amide bonds. The van der Waals surface area contributed by atoms with Gasteiger partial charge < -0.3 is 19.6 Å². The van der Waals surface area contributed by atoms with Crippen molar-refractivity contribution in [1.29, 1.82) is 0 Å². The first-order valence-electron chi connectivity index (χ1n) is 10.4. The molecule has 1 aliphatic rings. The molecule has 0 bridgehead atoms. The number of benzene rings is 2. The van der Waals surface area contributed by atoms with Crippen LogP contribution in [-0.4, -0.2) is 26.0 Å². The standard InChI is InChI=1S/C24H32N2O3/c1-6-28-20-12-8-18(9-13-20)23-16(3)22(26-27-5)17(4)24(25-23)19-10-14-21(15-11-19)29-7-2/h8-17,23-25H,6-7H2,1-5H3/t16-,17+,23-,24+. The zero-order valence-electron chi connectivity index (χ0n) is 18.0. The van der Waals surface area contributed by atoms with Crippen molar-refractivity contribution in [2.24, 2.45) is 17.0 Å². The van der Waals surface area contributed by atoms with E-state index in [1.165, 1.54) is 11.1 Å². The summed E-state index contributed by atoms with van der Waals surface area (Å²) in [5, 5.41) is 8.28. The zero-order valence-corrected chi connectivity index (χ0v) is 18.0. The van der Waals surface area contributed by atoms with Crippen molar-refractivity contribution in [3.63, 3.8) is 0 Å². The molecule has 2 aromatic rings. The molecule has 3 rings (SSSR count). The predicted molar refractivity (Wildman–Crippen MR) is 117 cm³/mol. The Labute approximate surface area is 174 Å². The lowest BCUT2D eigenvalue weighted by molar-refractivity contribution is 0.199. The minimum atomic E-state index is 0.132. The summed E-state index contributed by atoms with van der Waals surface area (Å²) < 4.78 is 11.2. The molecule has 1 N–H and O–H groups in total. The molecule has 156 valence electrons. The summed E-state index contributed by atoms with van der Waals surface area (Å²) in [5.74, 6) is 2.20. The molecular weight excluding hydrogens is 364 g/mol. The Balaban J connectivity index is 1.91. The highest BCUT2D eigenvalue weighted by Gasteiger charge is 2.39. The van der Waals surface area contributed by atoms with E-state index in [9.17, 15) is 0 Å². The summed E-state index contributed by atoms with van der Waals surface area (Å²) in [6, 6.07) is 16.9. The first-order chi connectivity index (χ1) is 14.1. The van der Waals surface area contributed by atoms with Crippen LogP contribution in [0, 0.1) is 11.8 Å². The van der Waals surface area contributed by atoms with Gasteiger partial charge in [-0.1, -0.05) is 43.3 Å². The van der Waals surface area contributed by atoms with Gasteiger partial charge in [-0.15, -0.1) is 0 Å². The number of piperidine rings is 1. The molecule has 1 heterocycles. The van der Waals surface area contributed by atoms with Gasteiger partial charge in [-0.05, 0) is 49.2 Å². The van der Waals surface area contributed by atoms with Crippen molar-refractivity contribution < 1.29 is 14.3 Å². The van der Waals surface area contributed by atoms with Crippen LogP contribution < -0.4 is 14.8 Å². The fourth-order valence-electron chi connectivity index (χ4n) is 4.16. The lowest BCUT2D eigenvalue weighted by Crippen LogP contribution is -2.46. The number of rotatable bonds is 7. The molecule has 0 aromatic heterocycles. The van der Waals surface area contributed by atoms with Crippen molar-refractivity contribution in [2.45, 2.75) is 39.8 Å². The Morgan fingerprint density at radius 2 is 1.17 bits per heavy atom. The number of nitrogens with one attached hydrogen (secondary N) is 1. The molecular formula is C24H32N2O3. The van der Waals surface area contributed by atoms with Gasteiger partial charge in [-0.2, -0.15) is 0 Å². The second kappa shape index (κ2) is 9.79. The average molecular weight is 397 g/mol. The number of nitrogens with zero attached hydrogens (tertiary/aromatic N) is 1. The summed E-state index contributed by atoms with van der Waals surface area (Å²) in [6.07, 6.45) is 0. The SMILES string of the molecule is CCOc1ccc([C@H]2N[C@@H](c3ccc(OCC)cc3)[C@H](C)C(=NOC)[C@@H]2C)cc1. The van der Waals surface area contributed by atoms with E-state index in [-0.39, 0.29) is 23.9 Å². The van der Waals surface area contributed by atoms with Crippen LogP contribution in [0.3, 0.4) is 0 Å². The number of ether oxygens (including phenoxy) is 2. The van der Waals surface area contributed by atoms with Crippen LogP contribution in [0.4, 0.5) is 0 Å². The van der Waals surface area contributed by atoms with Gasteiger partial charge in [0.25, 0.3) is 0 Å². The third-order valence-corrected chi connectivity index (χ3v) is 5.59. The van der Waals surface area contributed by atoms with Crippen LogP contribution in [0.25, 0.3) is 0 Å². The highest BCUT2D eigenvalue weighted by atomic mass is 16.6. The molecule has 0 radical (unpaired) electrons. The van der Waals surface area contributed by atoms with Gasteiger partial charge in [0.2, 0.25) is 0 Å². The predicted octanol–water partition coefficient (Wildman–Crippen LogP) is 5.14. The molecule has 5 nitrogen and oxygen atoms in total. The van der Waals surface area contributed by atoms with Crippen molar-refractivity contribution in [2.75, 3.05) is 20.3 Å². The Kier molecular flexibility index (Phi) is 7.15. The normalized spacial score (nSPS) is 25.6.